The molecule has 0 atom stereocenters. The Labute approximate surface area is 88.3 Å². The van der Waals surface area contributed by atoms with E-state index in [9.17, 15) is 4.79 Å². The summed E-state index contributed by atoms with van der Waals surface area (Å²) in [6.07, 6.45) is 2.16. The van der Waals surface area contributed by atoms with Crippen LogP contribution in [-0.4, -0.2) is 10.9 Å². The Morgan fingerprint density at radius 1 is 1.40 bits per heavy atom. The average Bonchev–Trinajstić information content (AvgIpc) is 2.46. The van der Waals surface area contributed by atoms with Gasteiger partial charge in [-0.05, 0) is 36.6 Å². The predicted octanol–water partition coefficient (Wildman–Crippen LogP) is 1.81. The first-order chi connectivity index (χ1) is 7.08. The Morgan fingerprint density at radius 2 is 2.13 bits per heavy atom. The van der Waals surface area contributed by atoms with E-state index in [1.54, 1.807) is 0 Å². The molecule has 0 aliphatic rings. The third kappa shape index (κ3) is 1.73. The number of nitrogens with one attached hydrogen (secondary N) is 1. The number of benzene rings is 1. The molecule has 1 heterocycles. The second-order valence-electron chi connectivity index (χ2n) is 3.96. The molecule has 0 bridgehead atoms. The first-order valence-corrected chi connectivity index (χ1v) is 4.93. The SMILES string of the molecule is Cc1cc(C)c2c(CC(N)=O)c[nH]c2c1. The number of rotatable bonds is 2. The van der Waals surface area contributed by atoms with E-state index in [2.05, 4.69) is 24.0 Å². The van der Waals surface area contributed by atoms with Gasteiger partial charge in [0.15, 0.2) is 0 Å². The molecule has 15 heavy (non-hydrogen) atoms. The number of aryl methyl sites for hydroxylation is 2. The van der Waals surface area contributed by atoms with Crippen LogP contribution in [0.15, 0.2) is 18.3 Å². The highest BCUT2D eigenvalue weighted by atomic mass is 16.1. The molecular formula is C12H14N2O. The monoisotopic (exact) mass is 202 g/mol. The minimum absolute atomic E-state index is 0.295. The Morgan fingerprint density at radius 3 is 2.80 bits per heavy atom. The van der Waals surface area contributed by atoms with Crippen molar-refractivity contribution in [3.05, 3.63) is 35.0 Å². The van der Waals surface area contributed by atoms with E-state index < -0.39 is 0 Å². The Balaban J connectivity index is 2.63. The van der Waals surface area contributed by atoms with Crippen LogP contribution in [0.1, 0.15) is 16.7 Å². The van der Waals surface area contributed by atoms with Gasteiger partial charge in [-0.1, -0.05) is 6.07 Å². The van der Waals surface area contributed by atoms with E-state index in [1.165, 1.54) is 11.1 Å². The number of aromatic nitrogens is 1. The van der Waals surface area contributed by atoms with Crippen molar-refractivity contribution in [1.82, 2.24) is 4.98 Å². The molecule has 1 aromatic heterocycles. The summed E-state index contributed by atoms with van der Waals surface area (Å²) in [6, 6.07) is 4.19. The predicted molar refractivity (Wildman–Crippen MR) is 60.7 cm³/mol. The van der Waals surface area contributed by atoms with Gasteiger partial charge < -0.3 is 10.7 Å². The van der Waals surface area contributed by atoms with Crippen LogP contribution in [0, 0.1) is 13.8 Å². The van der Waals surface area contributed by atoms with Crippen molar-refractivity contribution < 1.29 is 4.79 Å². The number of carbonyl (C=O) groups is 1. The van der Waals surface area contributed by atoms with Gasteiger partial charge in [-0.25, -0.2) is 0 Å². The number of carbonyl (C=O) groups excluding carboxylic acids is 1. The number of nitrogens with two attached hydrogens (primary N) is 1. The standard InChI is InChI=1S/C12H14N2O/c1-7-3-8(2)12-9(5-11(13)15)6-14-10(12)4-7/h3-4,6,14H,5H2,1-2H3,(H2,13,15). The Hall–Kier alpha value is -1.77. The summed E-state index contributed by atoms with van der Waals surface area (Å²) in [6.45, 7) is 4.11. The number of fused-ring (bicyclic) bond motifs is 1. The van der Waals surface area contributed by atoms with Gasteiger partial charge in [-0.15, -0.1) is 0 Å². The molecule has 2 rings (SSSR count). The van der Waals surface area contributed by atoms with Crippen LogP contribution in [0.5, 0.6) is 0 Å². The van der Waals surface area contributed by atoms with Crippen molar-refractivity contribution in [2.75, 3.05) is 0 Å². The lowest BCUT2D eigenvalue weighted by Gasteiger charge is -2.01. The molecule has 78 valence electrons. The molecular weight excluding hydrogens is 188 g/mol. The van der Waals surface area contributed by atoms with Crippen molar-refractivity contribution in [2.24, 2.45) is 5.73 Å². The van der Waals surface area contributed by atoms with Crippen LogP contribution in [0.25, 0.3) is 10.9 Å². The van der Waals surface area contributed by atoms with Gasteiger partial charge >= 0.3 is 0 Å². The minimum atomic E-state index is -0.295. The van der Waals surface area contributed by atoms with Gasteiger partial charge in [0.1, 0.15) is 0 Å². The lowest BCUT2D eigenvalue weighted by Crippen LogP contribution is -2.13. The zero-order valence-corrected chi connectivity index (χ0v) is 8.92. The minimum Gasteiger partial charge on any atom is -0.369 e. The van der Waals surface area contributed by atoms with Crippen LogP contribution < -0.4 is 5.73 Å². The molecule has 0 fully saturated rings. The summed E-state index contributed by atoms with van der Waals surface area (Å²) in [4.78, 5) is 14.1. The van der Waals surface area contributed by atoms with Crippen LogP contribution >= 0.6 is 0 Å². The fraction of sp³-hybridized carbons (Fsp3) is 0.250. The van der Waals surface area contributed by atoms with Crippen molar-refractivity contribution in [2.45, 2.75) is 20.3 Å². The Bertz CT molecular complexity index is 526. The number of amides is 1. The van der Waals surface area contributed by atoms with E-state index in [0.717, 1.165) is 16.5 Å². The van der Waals surface area contributed by atoms with Gasteiger partial charge in [-0.2, -0.15) is 0 Å². The summed E-state index contributed by atoms with van der Waals surface area (Å²) >= 11 is 0. The second kappa shape index (κ2) is 3.42. The fourth-order valence-corrected chi connectivity index (χ4v) is 2.07. The average molecular weight is 202 g/mol. The maximum Gasteiger partial charge on any atom is 0.221 e. The van der Waals surface area contributed by atoms with Crippen LogP contribution in [0.3, 0.4) is 0 Å². The summed E-state index contributed by atoms with van der Waals surface area (Å²) in [5.41, 5.74) is 9.65. The topological polar surface area (TPSA) is 58.9 Å². The molecule has 0 saturated heterocycles. The normalized spacial score (nSPS) is 10.8. The molecule has 3 N–H and O–H groups in total. The largest absolute Gasteiger partial charge is 0.369 e. The van der Waals surface area contributed by atoms with E-state index in [-0.39, 0.29) is 5.91 Å². The third-order valence-corrected chi connectivity index (χ3v) is 2.57. The molecule has 0 unspecified atom stereocenters. The van der Waals surface area contributed by atoms with Crippen LogP contribution in [-0.2, 0) is 11.2 Å². The number of hydrogen-bond donors (Lipinski definition) is 2. The van der Waals surface area contributed by atoms with Crippen LogP contribution in [0.4, 0.5) is 0 Å². The van der Waals surface area contributed by atoms with E-state index in [0.29, 0.717) is 6.42 Å². The molecule has 0 aliphatic carbocycles. The van der Waals surface area contributed by atoms with Crippen molar-refractivity contribution in [1.29, 1.82) is 0 Å². The molecule has 0 saturated carbocycles. The van der Waals surface area contributed by atoms with Gasteiger partial charge in [-0.3, -0.25) is 4.79 Å². The third-order valence-electron chi connectivity index (χ3n) is 2.57. The lowest BCUT2D eigenvalue weighted by atomic mass is 10.0. The van der Waals surface area contributed by atoms with E-state index in [1.807, 2.05) is 13.1 Å². The molecule has 0 spiro atoms. The fourth-order valence-electron chi connectivity index (χ4n) is 2.07. The molecule has 3 heteroatoms. The highest BCUT2D eigenvalue weighted by molar-refractivity contribution is 5.91. The lowest BCUT2D eigenvalue weighted by molar-refractivity contribution is -0.117. The molecule has 0 aliphatic heterocycles. The van der Waals surface area contributed by atoms with Crippen LogP contribution in [0.2, 0.25) is 0 Å². The van der Waals surface area contributed by atoms with Crippen molar-refractivity contribution in [3.63, 3.8) is 0 Å². The zero-order chi connectivity index (χ0) is 11.0. The van der Waals surface area contributed by atoms with Gasteiger partial charge in [0.05, 0.1) is 6.42 Å². The number of aromatic amines is 1. The molecule has 2 aromatic rings. The summed E-state index contributed by atoms with van der Waals surface area (Å²) in [5, 5.41) is 1.12. The Kier molecular flexibility index (Phi) is 2.23. The second-order valence-corrected chi connectivity index (χ2v) is 3.96. The highest BCUT2D eigenvalue weighted by Crippen LogP contribution is 2.24. The highest BCUT2D eigenvalue weighted by Gasteiger charge is 2.08. The first-order valence-electron chi connectivity index (χ1n) is 4.93. The number of primary amides is 1. The van der Waals surface area contributed by atoms with E-state index >= 15 is 0 Å². The maximum atomic E-state index is 10.9. The molecule has 0 radical (unpaired) electrons. The molecule has 3 nitrogen and oxygen atoms in total. The van der Waals surface area contributed by atoms with Crippen molar-refractivity contribution >= 4 is 16.8 Å². The van der Waals surface area contributed by atoms with Gasteiger partial charge in [0.25, 0.3) is 0 Å². The van der Waals surface area contributed by atoms with Gasteiger partial charge in [0.2, 0.25) is 5.91 Å². The maximum absolute atomic E-state index is 10.9. The number of hydrogen-bond acceptors (Lipinski definition) is 1. The first kappa shape index (κ1) is 9.77. The molecule has 1 aromatic carbocycles. The van der Waals surface area contributed by atoms with E-state index in [4.69, 9.17) is 5.73 Å². The summed E-state index contributed by atoms with van der Waals surface area (Å²) < 4.78 is 0. The smallest absolute Gasteiger partial charge is 0.221 e. The number of H-pyrrole nitrogens is 1. The van der Waals surface area contributed by atoms with Crippen molar-refractivity contribution in [3.8, 4) is 0 Å². The zero-order valence-electron chi connectivity index (χ0n) is 8.92. The summed E-state index contributed by atoms with van der Waals surface area (Å²) in [5.74, 6) is -0.295. The molecule has 1 amide bonds. The summed E-state index contributed by atoms with van der Waals surface area (Å²) in [7, 11) is 0. The quantitative estimate of drug-likeness (QED) is 0.766. The van der Waals surface area contributed by atoms with Gasteiger partial charge in [0, 0.05) is 17.1 Å².